The number of rotatable bonds is 7. The van der Waals surface area contributed by atoms with Crippen molar-refractivity contribution >= 4 is 11.9 Å². The molecular weight excluding hydrogens is 270 g/mol. The van der Waals surface area contributed by atoms with Gasteiger partial charge in [-0.2, -0.15) is 5.10 Å². The Kier molecular flexibility index (Phi) is 5.93. The first-order valence-corrected chi connectivity index (χ1v) is 7.21. The molecule has 1 heterocycles. The molecule has 0 unspecified atom stereocenters. The largest absolute Gasteiger partial charge is 0.481 e. The third kappa shape index (κ3) is 4.88. The molecule has 6 nitrogen and oxygen atoms in total. The van der Waals surface area contributed by atoms with E-state index in [1.807, 2.05) is 18.5 Å². The maximum Gasteiger partial charge on any atom is 0.305 e. The van der Waals surface area contributed by atoms with Gasteiger partial charge in [-0.05, 0) is 19.8 Å². The highest BCUT2D eigenvalue weighted by Gasteiger charge is 2.18. The van der Waals surface area contributed by atoms with E-state index in [9.17, 15) is 9.59 Å². The Labute approximate surface area is 125 Å². The Morgan fingerprint density at radius 3 is 2.48 bits per heavy atom. The Balaban J connectivity index is 2.76. The van der Waals surface area contributed by atoms with E-state index in [-0.39, 0.29) is 25.3 Å². The van der Waals surface area contributed by atoms with Crippen LogP contribution in [0.15, 0.2) is 0 Å². The fourth-order valence-electron chi connectivity index (χ4n) is 2.19. The average molecular weight is 295 g/mol. The predicted octanol–water partition coefficient (Wildman–Crippen LogP) is 1.63. The van der Waals surface area contributed by atoms with Gasteiger partial charge in [-0.25, -0.2) is 0 Å². The molecule has 1 rings (SSSR count). The van der Waals surface area contributed by atoms with E-state index in [1.165, 1.54) is 4.90 Å². The van der Waals surface area contributed by atoms with Gasteiger partial charge in [0.05, 0.1) is 18.5 Å². The number of carboxylic acids is 1. The minimum atomic E-state index is -0.897. The van der Waals surface area contributed by atoms with Gasteiger partial charge in [-0.3, -0.25) is 14.3 Å². The maximum absolute atomic E-state index is 12.2. The summed E-state index contributed by atoms with van der Waals surface area (Å²) in [7, 11) is 1.63. The second-order valence-corrected chi connectivity index (χ2v) is 5.86. The van der Waals surface area contributed by atoms with Gasteiger partial charge < -0.3 is 10.0 Å². The van der Waals surface area contributed by atoms with Gasteiger partial charge >= 0.3 is 5.97 Å². The first kappa shape index (κ1) is 17.2. The van der Waals surface area contributed by atoms with E-state index in [2.05, 4.69) is 18.9 Å². The number of carboxylic acid groups (broad SMARTS) is 1. The molecule has 1 aromatic heterocycles. The van der Waals surface area contributed by atoms with Crippen LogP contribution in [0.25, 0.3) is 0 Å². The summed E-state index contributed by atoms with van der Waals surface area (Å²) < 4.78 is 1.94. The third-order valence-electron chi connectivity index (χ3n) is 3.48. The predicted molar refractivity (Wildman–Crippen MR) is 80.1 cm³/mol. The molecular formula is C15H25N3O3. The van der Waals surface area contributed by atoms with Crippen molar-refractivity contribution in [1.29, 1.82) is 0 Å². The molecule has 0 aromatic carbocycles. The van der Waals surface area contributed by atoms with Crippen molar-refractivity contribution in [3.05, 3.63) is 17.0 Å². The van der Waals surface area contributed by atoms with Crippen LogP contribution in [0.2, 0.25) is 0 Å². The number of hydrogen-bond donors (Lipinski definition) is 1. The van der Waals surface area contributed by atoms with Crippen LogP contribution in [-0.4, -0.2) is 45.3 Å². The number of likely N-dealkylation sites (N-methyl/N-ethyl adjacent to an activating group) is 1. The molecule has 0 saturated carbocycles. The number of aromatic nitrogens is 2. The van der Waals surface area contributed by atoms with Crippen LogP contribution in [0.5, 0.6) is 0 Å². The van der Waals surface area contributed by atoms with Crippen molar-refractivity contribution in [1.82, 2.24) is 14.7 Å². The van der Waals surface area contributed by atoms with Gasteiger partial charge in [0.25, 0.3) is 0 Å². The summed E-state index contributed by atoms with van der Waals surface area (Å²) >= 11 is 0. The number of hydrogen-bond acceptors (Lipinski definition) is 3. The molecule has 0 aliphatic rings. The number of aliphatic carboxylic acids is 1. The molecule has 0 atom stereocenters. The SMILES string of the molecule is Cc1nn(CC(C)C)c(C)c1CC(=O)N(C)CCC(=O)O. The molecule has 1 aromatic rings. The van der Waals surface area contributed by atoms with Crippen molar-refractivity contribution in [3.63, 3.8) is 0 Å². The van der Waals surface area contributed by atoms with Crippen LogP contribution >= 0.6 is 0 Å². The Morgan fingerprint density at radius 1 is 1.33 bits per heavy atom. The van der Waals surface area contributed by atoms with Crippen molar-refractivity contribution in [2.75, 3.05) is 13.6 Å². The zero-order chi connectivity index (χ0) is 16.2. The number of nitrogens with zero attached hydrogens (tertiary/aromatic N) is 3. The lowest BCUT2D eigenvalue weighted by Gasteiger charge is -2.16. The van der Waals surface area contributed by atoms with Gasteiger partial charge in [0.2, 0.25) is 5.91 Å². The van der Waals surface area contributed by atoms with Crippen molar-refractivity contribution in [2.24, 2.45) is 5.92 Å². The van der Waals surface area contributed by atoms with Crippen LogP contribution in [0.1, 0.15) is 37.2 Å². The van der Waals surface area contributed by atoms with E-state index >= 15 is 0 Å². The molecule has 0 spiro atoms. The van der Waals surface area contributed by atoms with E-state index in [4.69, 9.17) is 5.11 Å². The summed E-state index contributed by atoms with van der Waals surface area (Å²) in [4.78, 5) is 24.2. The molecule has 0 radical (unpaired) electrons. The zero-order valence-electron chi connectivity index (χ0n) is 13.5. The minimum Gasteiger partial charge on any atom is -0.481 e. The second-order valence-electron chi connectivity index (χ2n) is 5.86. The molecule has 0 fully saturated rings. The Hall–Kier alpha value is -1.85. The molecule has 1 N–H and O–H groups in total. The Bertz CT molecular complexity index is 520. The normalized spacial score (nSPS) is 11.0. The molecule has 118 valence electrons. The standard InChI is InChI=1S/C15H25N3O3/c1-10(2)9-18-12(4)13(11(3)16-18)8-14(19)17(5)7-6-15(20)21/h10H,6-9H2,1-5H3,(H,20,21). The molecule has 0 aliphatic carbocycles. The van der Waals surface area contributed by atoms with E-state index in [1.54, 1.807) is 7.05 Å². The lowest BCUT2D eigenvalue weighted by molar-refractivity contribution is -0.138. The monoisotopic (exact) mass is 295 g/mol. The van der Waals surface area contributed by atoms with E-state index in [0.29, 0.717) is 5.92 Å². The lowest BCUT2D eigenvalue weighted by Crippen LogP contribution is -2.30. The molecule has 6 heteroatoms. The number of aryl methyl sites for hydroxylation is 1. The molecule has 0 aliphatic heterocycles. The van der Waals surface area contributed by atoms with Gasteiger partial charge in [-0.15, -0.1) is 0 Å². The smallest absolute Gasteiger partial charge is 0.305 e. The topological polar surface area (TPSA) is 75.4 Å². The van der Waals surface area contributed by atoms with Crippen LogP contribution in [0, 0.1) is 19.8 Å². The number of carbonyl (C=O) groups is 2. The fourth-order valence-corrected chi connectivity index (χ4v) is 2.19. The van der Waals surface area contributed by atoms with E-state index < -0.39 is 5.97 Å². The van der Waals surface area contributed by atoms with Gasteiger partial charge in [0, 0.05) is 31.4 Å². The quantitative estimate of drug-likeness (QED) is 0.829. The highest BCUT2D eigenvalue weighted by Crippen LogP contribution is 2.16. The van der Waals surface area contributed by atoms with Gasteiger partial charge in [0.15, 0.2) is 0 Å². The first-order chi connectivity index (χ1) is 9.72. The van der Waals surface area contributed by atoms with Crippen molar-refractivity contribution in [3.8, 4) is 0 Å². The van der Waals surface area contributed by atoms with Crippen LogP contribution in [0.3, 0.4) is 0 Å². The first-order valence-electron chi connectivity index (χ1n) is 7.21. The molecule has 21 heavy (non-hydrogen) atoms. The fraction of sp³-hybridized carbons (Fsp3) is 0.667. The van der Waals surface area contributed by atoms with Crippen LogP contribution in [-0.2, 0) is 22.6 Å². The summed E-state index contributed by atoms with van der Waals surface area (Å²) in [5.41, 5.74) is 2.83. The Morgan fingerprint density at radius 2 is 1.95 bits per heavy atom. The summed E-state index contributed by atoms with van der Waals surface area (Å²) in [6, 6.07) is 0. The second kappa shape index (κ2) is 7.24. The maximum atomic E-state index is 12.2. The highest BCUT2D eigenvalue weighted by molar-refractivity contribution is 5.79. The van der Waals surface area contributed by atoms with Crippen LogP contribution < -0.4 is 0 Å². The summed E-state index contributed by atoms with van der Waals surface area (Å²) in [6.07, 6.45) is 0.235. The van der Waals surface area contributed by atoms with Crippen molar-refractivity contribution in [2.45, 2.75) is 47.1 Å². The third-order valence-corrected chi connectivity index (χ3v) is 3.48. The summed E-state index contributed by atoms with van der Waals surface area (Å²) in [5, 5.41) is 13.1. The molecule has 1 amide bonds. The average Bonchev–Trinajstić information content (AvgIpc) is 2.62. The molecule has 0 saturated heterocycles. The van der Waals surface area contributed by atoms with Crippen molar-refractivity contribution < 1.29 is 14.7 Å². The summed E-state index contributed by atoms with van der Waals surface area (Å²) in [5.74, 6) is -0.483. The summed E-state index contributed by atoms with van der Waals surface area (Å²) in [6.45, 7) is 9.19. The number of carbonyl (C=O) groups excluding carboxylic acids is 1. The zero-order valence-corrected chi connectivity index (χ0v) is 13.5. The highest BCUT2D eigenvalue weighted by atomic mass is 16.4. The lowest BCUT2D eigenvalue weighted by atomic mass is 10.1. The van der Waals surface area contributed by atoms with E-state index in [0.717, 1.165) is 23.5 Å². The van der Waals surface area contributed by atoms with Gasteiger partial charge in [-0.1, -0.05) is 13.8 Å². The molecule has 0 bridgehead atoms. The van der Waals surface area contributed by atoms with Gasteiger partial charge in [0.1, 0.15) is 0 Å². The van der Waals surface area contributed by atoms with Crippen LogP contribution in [0.4, 0.5) is 0 Å². The number of amides is 1. The minimum absolute atomic E-state index is 0.0349.